The molecule has 0 aliphatic carbocycles. The minimum absolute atomic E-state index is 0. The zero-order valence-electron chi connectivity index (χ0n) is 7.76. The molecule has 0 spiro atoms. The Bertz CT molecular complexity index is 341. The van der Waals surface area contributed by atoms with E-state index in [1.165, 1.54) is 0 Å². The maximum Gasteiger partial charge on any atom is 1.00 e. The fourth-order valence-electron chi connectivity index (χ4n) is 0.956. The molecule has 0 aliphatic heterocycles. The molecule has 0 radical (unpaired) electrons. The van der Waals surface area contributed by atoms with Gasteiger partial charge in [-0.15, -0.1) is 0 Å². The number of benzene rings is 1. The number of aryl methyl sites for hydroxylation is 1. The summed E-state index contributed by atoms with van der Waals surface area (Å²) < 4.78 is 22.2. The fraction of sp³-hybridized carbons (Fsp3) is 0.250. The summed E-state index contributed by atoms with van der Waals surface area (Å²) in [7, 11) is 0. The van der Waals surface area contributed by atoms with E-state index >= 15 is 0 Å². The summed E-state index contributed by atoms with van der Waals surface area (Å²) in [5, 5.41) is 0. The van der Waals surface area contributed by atoms with Gasteiger partial charge in [0.15, 0.2) is 0 Å². The molecule has 1 atom stereocenters. The third-order valence-electron chi connectivity index (χ3n) is 1.62. The first-order valence-corrected chi connectivity index (χ1v) is 5.25. The van der Waals surface area contributed by atoms with Crippen molar-refractivity contribution >= 4 is 27.0 Å². The van der Waals surface area contributed by atoms with Crippen LogP contribution in [0.15, 0.2) is 21.5 Å². The van der Waals surface area contributed by atoms with Crippen LogP contribution < -0.4 is 29.6 Å². The van der Waals surface area contributed by atoms with Crippen molar-refractivity contribution in [1.82, 2.24) is 0 Å². The monoisotopic (exact) mass is 270 g/mol. The first kappa shape index (κ1) is 13.8. The van der Waals surface area contributed by atoms with Crippen LogP contribution in [0.4, 0.5) is 0 Å². The Morgan fingerprint density at radius 3 is 2.38 bits per heavy atom. The van der Waals surface area contributed by atoms with Crippen LogP contribution in [0.2, 0.25) is 0 Å². The third-order valence-corrected chi connectivity index (χ3v) is 3.23. The molecule has 0 amide bonds. The van der Waals surface area contributed by atoms with E-state index in [9.17, 15) is 8.76 Å². The molecule has 0 fully saturated rings. The summed E-state index contributed by atoms with van der Waals surface area (Å²) >= 11 is 1.15. The summed E-state index contributed by atoms with van der Waals surface area (Å²) in [4.78, 5) is 0.363. The van der Waals surface area contributed by atoms with E-state index < -0.39 is 11.1 Å². The molecule has 0 heterocycles. The molecule has 0 aliphatic rings. The van der Waals surface area contributed by atoms with Crippen molar-refractivity contribution in [2.75, 3.05) is 0 Å². The molecule has 1 unspecified atom stereocenters. The Hall–Kier alpha value is 0.810. The zero-order chi connectivity index (χ0) is 9.30. The van der Waals surface area contributed by atoms with Gasteiger partial charge in [0, 0.05) is 9.37 Å². The average Bonchev–Trinajstić information content (AvgIpc) is 1.96. The molecule has 1 aromatic rings. The summed E-state index contributed by atoms with van der Waals surface area (Å²) in [5.41, 5.74) is 1.70. The van der Waals surface area contributed by atoms with Gasteiger partial charge in [0.05, 0.1) is 0 Å². The molecule has 2 nitrogen and oxygen atoms in total. The Kier molecular flexibility index (Phi) is 5.98. The molecular weight excluding hydrogens is 263 g/mol. The second-order valence-corrected chi connectivity index (χ2v) is 4.37. The van der Waals surface area contributed by atoms with Gasteiger partial charge in [-0.05, 0) is 48.2 Å². The molecule has 1 aromatic carbocycles. The minimum Gasteiger partial charge on any atom is -0.768 e. The van der Waals surface area contributed by atoms with Crippen molar-refractivity contribution < 1.29 is 38.3 Å². The van der Waals surface area contributed by atoms with Crippen molar-refractivity contribution in [3.63, 3.8) is 0 Å². The smallest absolute Gasteiger partial charge is 0.768 e. The molecule has 13 heavy (non-hydrogen) atoms. The maximum atomic E-state index is 10.7. The Labute approximate surface area is 111 Å². The second kappa shape index (κ2) is 5.63. The van der Waals surface area contributed by atoms with Crippen LogP contribution in [0.5, 0.6) is 0 Å². The maximum absolute atomic E-state index is 10.7. The number of rotatable bonds is 1. The van der Waals surface area contributed by atoms with Crippen LogP contribution in [0.25, 0.3) is 0 Å². The van der Waals surface area contributed by atoms with E-state index in [0.717, 1.165) is 15.6 Å². The van der Waals surface area contributed by atoms with Crippen LogP contribution in [-0.4, -0.2) is 8.76 Å². The van der Waals surface area contributed by atoms with Gasteiger partial charge in [0.1, 0.15) is 0 Å². The molecule has 1 rings (SSSR count). The Morgan fingerprint density at radius 2 is 1.92 bits per heavy atom. The van der Waals surface area contributed by atoms with Gasteiger partial charge < -0.3 is 4.55 Å². The van der Waals surface area contributed by atoms with Gasteiger partial charge in [-0.2, -0.15) is 0 Å². The van der Waals surface area contributed by atoms with Crippen LogP contribution in [0.1, 0.15) is 11.1 Å². The average molecular weight is 271 g/mol. The number of halogens is 1. The van der Waals surface area contributed by atoms with Crippen molar-refractivity contribution in [2.24, 2.45) is 0 Å². The minimum atomic E-state index is -2.14. The molecule has 0 N–H and O–H groups in total. The number of hydrogen-bond acceptors (Lipinski definition) is 2. The normalized spacial score (nSPS) is 12.0. The first-order chi connectivity index (χ1) is 5.52. The van der Waals surface area contributed by atoms with E-state index in [4.69, 9.17) is 0 Å². The Balaban J connectivity index is 0.00000144. The summed E-state index contributed by atoms with van der Waals surface area (Å²) in [6.45, 7) is 3.63. The fourth-order valence-corrected chi connectivity index (χ4v) is 2.30. The third kappa shape index (κ3) is 3.46. The van der Waals surface area contributed by atoms with Gasteiger partial charge >= 0.3 is 29.6 Å². The van der Waals surface area contributed by atoms with Crippen molar-refractivity contribution in [3.05, 3.63) is 27.7 Å². The second-order valence-electron chi connectivity index (χ2n) is 2.60. The van der Waals surface area contributed by atoms with Crippen LogP contribution >= 0.6 is 15.9 Å². The molecule has 0 saturated carbocycles. The Morgan fingerprint density at radius 1 is 1.38 bits per heavy atom. The van der Waals surface area contributed by atoms with E-state index in [-0.39, 0.29) is 29.6 Å². The zero-order valence-corrected chi connectivity index (χ0v) is 12.2. The van der Waals surface area contributed by atoms with Gasteiger partial charge in [-0.3, -0.25) is 4.21 Å². The predicted octanol–water partition coefficient (Wildman–Crippen LogP) is -0.692. The first-order valence-electron chi connectivity index (χ1n) is 3.38. The van der Waals surface area contributed by atoms with Crippen LogP contribution in [0, 0.1) is 13.8 Å². The van der Waals surface area contributed by atoms with Crippen molar-refractivity contribution in [2.45, 2.75) is 18.7 Å². The van der Waals surface area contributed by atoms with Gasteiger partial charge in [-0.25, -0.2) is 0 Å². The van der Waals surface area contributed by atoms with Crippen molar-refractivity contribution in [1.29, 1.82) is 0 Å². The number of hydrogen-bond donors (Lipinski definition) is 0. The van der Waals surface area contributed by atoms with Gasteiger partial charge in [0.2, 0.25) is 0 Å². The van der Waals surface area contributed by atoms with E-state index in [0.29, 0.717) is 4.90 Å². The SMILES string of the molecule is Cc1cc(Br)c(C)c(S(=O)[O-])c1.[Na+]. The molecule has 66 valence electrons. The topological polar surface area (TPSA) is 40.1 Å². The predicted molar refractivity (Wildman–Crippen MR) is 50.8 cm³/mol. The molecule has 0 saturated heterocycles. The van der Waals surface area contributed by atoms with E-state index in [2.05, 4.69) is 15.9 Å². The van der Waals surface area contributed by atoms with Crippen LogP contribution in [-0.2, 0) is 11.1 Å². The van der Waals surface area contributed by atoms with E-state index in [1.54, 1.807) is 13.0 Å². The van der Waals surface area contributed by atoms with Crippen molar-refractivity contribution in [3.8, 4) is 0 Å². The largest absolute Gasteiger partial charge is 1.00 e. The summed E-state index contributed by atoms with van der Waals surface area (Å²) in [6, 6.07) is 3.55. The summed E-state index contributed by atoms with van der Waals surface area (Å²) in [6.07, 6.45) is 0. The molecular formula is C8H8BrNaO2S. The van der Waals surface area contributed by atoms with E-state index in [1.807, 2.05) is 13.0 Å². The quantitative estimate of drug-likeness (QED) is 0.501. The standard InChI is InChI=1S/C8H9BrO2S.Na/c1-5-3-7(9)6(2)8(4-5)12(10)11;/h3-4H,1-2H3,(H,10,11);/q;+1/p-1. The molecule has 5 heteroatoms. The summed E-state index contributed by atoms with van der Waals surface area (Å²) in [5.74, 6) is 0. The molecule has 0 bridgehead atoms. The molecule has 0 aromatic heterocycles. The van der Waals surface area contributed by atoms with Gasteiger partial charge in [0.25, 0.3) is 0 Å². The van der Waals surface area contributed by atoms with Gasteiger partial charge in [-0.1, -0.05) is 15.9 Å². The van der Waals surface area contributed by atoms with Crippen LogP contribution in [0.3, 0.4) is 0 Å².